The lowest BCUT2D eigenvalue weighted by atomic mass is 10.1. The van der Waals surface area contributed by atoms with Crippen LogP contribution in [0.1, 0.15) is 45.9 Å². The normalized spacial score (nSPS) is 14.6. The molecule has 34 heavy (non-hydrogen) atoms. The summed E-state index contributed by atoms with van der Waals surface area (Å²) in [5.74, 6) is 0.0311. The molecule has 10 heteroatoms. The number of alkyl halides is 3. The third-order valence-corrected chi connectivity index (χ3v) is 5.94. The molecule has 4 rings (SSSR count). The number of carbonyl (C=O) groups is 1. The van der Waals surface area contributed by atoms with Crippen molar-refractivity contribution in [2.24, 2.45) is 0 Å². The molecule has 2 aromatic carbocycles. The highest BCUT2D eigenvalue weighted by atomic mass is 35.5. The van der Waals surface area contributed by atoms with Gasteiger partial charge < -0.3 is 15.2 Å². The van der Waals surface area contributed by atoms with E-state index in [0.717, 1.165) is 41.9 Å². The number of aromatic nitrogens is 2. The van der Waals surface area contributed by atoms with Gasteiger partial charge in [-0.05, 0) is 61.7 Å². The van der Waals surface area contributed by atoms with E-state index in [-0.39, 0.29) is 30.7 Å². The smallest absolute Gasteiger partial charge is 0.416 e. The Hall–Kier alpha value is -3.04. The molecule has 180 valence electrons. The zero-order valence-electron chi connectivity index (χ0n) is 18.3. The number of carbonyl (C=O) groups excluding carboxylic acids is 1. The Balaban J connectivity index is 1.36. The summed E-state index contributed by atoms with van der Waals surface area (Å²) in [6.45, 7) is 1.62. The third-order valence-electron chi connectivity index (χ3n) is 5.54. The molecule has 3 aromatic rings. The van der Waals surface area contributed by atoms with Crippen LogP contribution in [0.4, 0.5) is 13.2 Å². The van der Waals surface area contributed by atoms with E-state index < -0.39 is 17.8 Å². The Morgan fingerprint density at radius 3 is 2.59 bits per heavy atom. The number of aliphatic hydroxyl groups excluding tert-OH is 1. The predicted octanol–water partition coefficient (Wildman–Crippen LogP) is 4.90. The molecule has 0 aliphatic heterocycles. The van der Waals surface area contributed by atoms with Crippen LogP contribution in [0.5, 0.6) is 5.75 Å². The number of nitrogens with zero attached hydrogens (tertiary/aromatic N) is 2. The molecule has 1 fully saturated rings. The lowest BCUT2D eigenvalue weighted by Gasteiger charge is -2.14. The number of hydrogen-bond donors (Lipinski definition) is 2. The first-order valence-electron chi connectivity index (χ1n) is 10.7. The number of rotatable bonds is 8. The summed E-state index contributed by atoms with van der Waals surface area (Å²) >= 11 is 6.26. The zero-order chi connectivity index (χ0) is 24.5. The predicted molar refractivity (Wildman–Crippen MR) is 121 cm³/mol. The highest BCUT2D eigenvalue weighted by molar-refractivity contribution is 6.31. The molecular weight excluding hydrogens is 471 g/mol. The second kappa shape index (κ2) is 9.68. The third kappa shape index (κ3) is 5.53. The number of aliphatic hydroxyl groups is 1. The minimum Gasteiger partial charge on any atom is -0.491 e. The lowest BCUT2D eigenvalue weighted by Crippen LogP contribution is -2.35. The fourth-order valence-electron chi connectivity index (χ4n) is 3.50. The van der Waals surface area contributed by atoms with E-state index in [1.165, 1.54) is 18.3 Å². The summed E-state index contributed by atoms with van der Waals surface area (Å²) in [7, 11) is 0. The first kappa shape index (κ1) is 24.1. The molecule has 0 bridgehead atoms. The second-order valence-corrected chi connectivity index (χ2v) is 8.67. The molecule has 1 aliphatic carbocycles. The maximum Gasteiger partial charge on any atom is 0.416 e. The van der Waals surface area contributed by atoms with Crippen molar-refractivity contribution in [3.8, 4) is 11.4 Å². The van der Waals surface area contributed by atoms with Crippen LogP contribution in [0.25, 0.3) is 5.69 Å². The second-order valence-electron chi connectivity index (χ2n) is 8.26. The molecule has 6 nitrogen and oxygen atoms in total. The highest BCUT2D eigenvalue weighted by Crippen LogP contribution is 2.42. The Labute approximate surface area is 199 Å². The topological polar surface area (TPSA) is 76.4 Å². The average molecular weight is 494 g/mol. The van der Waals surface area contributed by atoms with Crippen molar-refractivity contribution >= 4 is 17.5 Å². The van der Waals surface area contributed by atoms with E-state index in [9.17, 15) is 23.1 Å². The van der Waals surface area contributed by atoms with Crippen molar-refractivity contribution < 1.29 is 27.8 Å². The van der Waals surface area contributed by atoms with Crippen LogP contribution in [0.15, 0.2) is 48.7 Å². The summed E-state index contributed by atoms with van der Waals surface area (Å²) in [6.07, 6.45) is -2.07. The van der Waals surface area contributed by atoms with Gasteiger partial charge in [0.2, 0.25) is 0 Å². The summed E-state index contributed by atoms with van der Waals surface area (Å²) in [4.78, 5) is 12.8. The van der Waals surface area contributed by atoms with Gasteiger partial charge in [-0.25, -0.2) is 4.68 Å². The molecule has 1 amide bonds. The standard InChI is InChI=1S/C24H23ClF3N3O3/c1-14-2-7-17(10-21(14)25)31-22(15-3-4-15)20(12-30-31)23(33)29-11-18(32)13-34-19-8-5-16(6-9-19)24(26,27)28/h2,5-10,12,15,18,32H,3-4,11,13H2,1H3,(H,29,33). The van der Waals surface area contributed by atoms with E-state index in [2.05, 4.69) is 10.4 Å². The molecule has 1 aromatic heterocycles. The first-order chi connectivity index (χ1) is 16.1. The molecular formula is C24H23ClF3N3O3. The molecule has 2 N–H and O–H groups in total. The van der Waals surface area contributed by atoms with E-state index in [0.29, 0.717) is 10.6 Å². The zero-order valence-corrected chi connectivity index (χ0v) is 19.0. The summed E-state index contributed by atoms with van der Waals surface area (Å²) < 4.78 is 44.9. The van der Waals surface area contributed by atoms with Crippen molar-refractivity contribution in [3.63, 3.8) is 0 Å². The summed E-state index contributed by atoms with van der Waals surface area (Å²) in [6, 6.07) is 9.76. The number of hydrogen-bond acceptors (Lipinski definition) is 4. The van der Waals surface area contributed by atoms with Gasteiger partial charge in [0.15, 0.2) is 0 Å². The molecule has 0 spiro atoms. The number of amides is 1. The van der Waals surface area contributed by atoms with Gasteiger partial charge in [-0.2, -0.15) is 18.3 Å². The average Bonchev–Trinajstić information content (AvgIpc) is 3.55. The van der Waals surface area contributed by atoms with Crippen molar-refractivity contribution in [1.29, 1.82) is 0 Å². The maximum atomic E-state index is 12.8. The Bertz CT molecular complexity index is 1170. The minimum atomic E-state index is -4.43. The van der Waals surface area contributed by atoms with Crippen LogP contribution in [0, 0.1) is 6.92 Å². The molecule has 1 unspecified atom stereocenters. The number of nitrogens with one attached hydrogen (secondary N) is 1. The van der Waals surface area contributed by atoms with Gasteiger partial charge in [-0.15, -0.1) is 0 Å². The van der Waals surface area contributed by atoms with Crippen LogP contribution in [0.2, 0.25) is 5.02 Å². The van der Waals surface area contributed by atoms with Crippen LogP contribution in [-0.2, 0) is 6.18 Å². The lowest BCUT2D eigenvalue weighted by molar-refractivity contribution is -0.137. The number of benzene rings is 2. The van der Waals surface area contributed by atoms with Gasteiger partial charge in [0.05, 0.1) is 28.7 Å². The van der Waals surface area contributed by atoms with Gasteiger partial charge >= 0.3 is 6.18 Å². The molecule has 1 aliphatic rings. The molecule has 0 saturated heterocycles. The molecule has 0 radical (unpaired) electrons. The fourth-order valence-corrected chi connectivity index (χ4v) is 3.67. The summed E-state index contributed by atoms with van der Waals surface area (Å²) in [5, 5.41) is 17.8. The monoisotopic (exact) mass is 493 g/mol. The Morgan fingerprint density at radius 2 is 1.97 bits per heavy atom. The fraction of sp³-hybridized carbons (Fsp3) is 0.333. The maximum absolute atomic E-state index is 12.8. The first-order valence-corrected chi connectivity index (χ1v) is 11.1. The minimum absolute atomic E-state index is 0.0921. The van der Waals surface area contributed by atoms with Crippen LogP contribution < -0.4 is 10.1 Å². The number of halogens is 4. The van der Waals surface area contributed by atoms with Crippen molar-refractivity contribution in [2.45, 2.75) is 38.0 Å². The Kier molecular flexibility index (Phi) is 6.86. The van der Waals surface area contributed by atoms with E-state index in [1.54, 1.807) is 10.7 Å². The van der Waals surface area contributed by atoms with Gasteiger partial charge in [-0.3, -0.25) is 4.79 Å². The summed E-state index contributed by atoms with van der Waals surface area (Å²) in [5.41, 5.74) is 2.15. The molecule has 1 saturated carbocycles. The van der Waals surface area contributed by atoms with Gasteiger partial charge in [0, 0.05) is 17.5 Å². The van der Waals surface area contributed by atoms with E-state index in [4.69, 9.17) is 16.3 Å². The van der Waals surface area contributed by atoms with Gasteiger partial charge in [0.1, 0.15) is 18.5 Å². The van der Waals surface area contributed by atoms with Crippen LogP contribution in [0.3, 0.4) is 0 Å². The number of aryl methyl sites for hydroxylation is 1. The van der Waals surface area contributed by atoms with Gasteiger partial charge in [-0.1, -0.05) is 17.7 Å². The van der Waals surface area contributed by atoms with Crippen molar-refractivity contribution in [1.82, 2.24) is 15.1 Å². The van der Waals surface area contributed by atoms with Gasteiger partial charge in [0.25, 0.3) is 5.91 Å². The van der Waals surface area contributed by atoms with E-state index >= 15 is 0 Å². The highest BCUT2D eigenvalue weighted by Gasteiger charge is 2.33. The Morgan fingerprint density at radius 1 is 1.26 bits per heavy atom. The SMILES string of the molecule is Cc1ccc(-n2ncc(C(=O)NCC(O)COc3ccc(C(F)(F)F)cc3)c2C2CC2)cc1Cl. The van der Waals surface area contributed by atoms with Crippen molar-refractivity contribution in [2.75, 3.05) is 13.2 Å². The molecule has 1 heterocycles. The largest absolute Gasteiger partial charge is 0.491 e. The van der Waals surface area contributed by atoms with Crippen LogP contribution in [-0.4, -0.2) is 40.0 Å². The molecule has 1 atom stereocenters. The van der Waals surface area contributed by atoms with Crippen LogP contribution >= 0.6 is 11.6 Å². The quantitative estimate of drug-likeness (QED) is 0.468. The van der Waals surface area contributed by atoms with Crippen molar-refractivity contribution in [3.05, 3.63) is 76.1 Å². The van der Waals surface area contributed by atoms with E-state index in [1.807, 2.05) is 19.1 Å². The number of ether oxygens (including phenoxy) is 1.